The predicted octanol–water partition coefficient (Wildman–Crippen LogP) is 4.16. The molecule has 0 saturated carbocycles. The van der Waals surface area contributed by atoms with Crippen molar-refractivity contribution in [2.24, 2.45) is 0 Å². The fourth-order valence-electron chi connectivity index (χ4n) is 2.02. The molecule has 8 heteroatoms. The maximum absolute atomic E-state index is 9.12. The van der Waals surface area contributed by atoms with Gasteiger partial charge in [0.2, 0.25) is 0 Å². The Hall–Kier alpha value is -0.460. The molecule has 0 saturated heterocycles. The highest BCUT2D eigenvalue weighted by Gasteiger charge is 2.07. The maximum Gasteiger partial charge on any atom is 0.134 e. The minimum Gasteiger partial charge on any atom is -0.460 e. The van der Waals surface area contributed by atoms with Gasteiger partial charge in [-0.3, -0.25) is 0 Å². The molecule has 3 N–H and O–H groups in total. The van der Waals surface area contributed by atoms with E-state index in [0.717, 1.165) is 30.2 Å². The van der Waals surface area contributed by atoms with Gasteiger partial charge in [0.05, 0.1) is 12.6 Å². The Morgan fingerprint density at radius 3 is 2.29 bits per heavy atom. The van der Waals surface area contributed by atoms with E-state index in [1.54, 1.807) is 13.0 Å². The number of furan rings is 1. The average molecular weight is 416 g/mol. The number of aliphatic hydroxyl groups is 1. The Balaban J connectivity index is 0.00000264. The highest BCUT2D eigenvalue weighted by Crippen LogP contribution is 2.28. The molecule has 1 aromatic heterocycles. The van der Waals surface area contributed by atoms with E-state index in [4.69, 9.17) is 32.7 Å². The van der Waals surface area contributed by atoms with Crippen LogP contribution in [0, 0.1) is 0 Å². The molecule has 4 nitrogen and oxygen atoms in total. The van der Waals surface area contributed by atoms with Gasteiger partial charge in [-0.2, -0.15) is 0 Å². The fourth-order valence-corrected chi connectivity index (χ4v) is 2.55. The summed E-state index contributed by atoms with van der Waals surface area (Å²) >= 11 is 12.0. The van der Waals surface area contributed by atoms with Crippen molar-refractivity contribution in [3.8, 4) is 11.3 Å². The van der Waals surface area contributed by atoms with Crippen LogP contribution in [-0.4, -0.2) is 30.8 Å². The van der Waals surface area contributed by atoms with Gasteiger partial charge in [0.25, 0.3) is 0 Å². The molecule has 1 unspecified atom stereocenters. The number of nitrogens with one attached hydrogen (secondary N) is 2. The Labute approximate surface area is 164 Å². The van der Waals surface area contributed by atoms with Gasteiger partial charge in [-0.25, -0.2) is 0 Å². The number of aliphatic hydroxyl groups excluding tert-OH is 1. The van der Waals surface area contributed by atoms with Gasteiger partial charge < -0.3 is 20.2 Å². The van der Waals surface area contributed by atoms with Crippen molar-refractivity contribution in [2.45, 2.75) is 19.6 Å². The van der Waals surface area contributed by atoms with Gasteiger partial charge in [-0.1, -0.05) is 23.2 Å². The fraction of sp³-hybridized carbons (Fsp3) is 0.375. The summed E-state index contributed by atoms with van der Waals surface area (Å²) < 4.78 is 5.78. The van der Waals surface area contributed by atoms with Gasteiger partial charge in [0.15, 0.2) is 0 Å². The standard InChI is InChI=1S/C16H20Cl2N2O2.2ClH/c1-11(21)9-19-4-5-20-10-15-2-3-16(22-15)12-6-13(17)8-14(18)7-12;;/h2-3,6-8,11,19-21H,4-5,9-10H2,1H3;2*1H. The molecule has 0 aliphatic carbocycles. The highest BCUT2D eigenvalue weighted by atomic mass is 35.5. The lowest BCUT2D eigenvalue weighted by atomic mass is 10.2. The molecule has 1 atom stereocenters. The van der Waals surface area contributed by atoms with E-state index < -0.39 is 0 Å². The molecular formula is C16H22Cl4N2O2. The Kier molecular flexibility index (Phi) is 11.8. The van der Waals surface area contributed by atoms with Crippen molar-refractivity contribution in [3.05, 3.63) is 46.1 Å². The quantitative estimate of drug-likeness (QED) is 0.566. The molecule has 0 aliphatic rings. The van der Waals surface area contributed by atoms with Crippen molar-refractivity contribution in [2.75, 3.05) is 19.6 Å². The van der Waals surface area contributed by atoms with Gasteiger partial charge >= 0.3 is 0 Å². The molecule has 0 spiro atoms. The van der Waals surface area contributed by atoms with Crippen LogP contribution in [0.15, 0.2) is 34.7 Å². The second-order valence-electron chi connectivity index (χ2n) is 5.15. The van der Waals surface area contributed by atoms with Crippen LogP contribution in [0.25, 0.3) is 11.3 Å². The number of benzene rings is 1. The highest BCUT2D eigenvalue weighted by molar-refractivity contribution is 6.35. The zero-order chi connectivity index (χ0) is 15.9. The first-order valence-electron chi connectivity index (χ1n) is 7.19. The number of hydrogen-bond donors (Lipinski definition) is 3. The molecule has 0 amide bonds. The topological polar surface area (TPSA) is 57.4 Å². The Morgan fingerprint density at radius 1 is 1.04 bits per heavy atom. The van der Waals surface area contributed by atoms with E-state index in [0.29, 0.717) is 23.1 Å². The lowest BCUT2D eigenvalue weighted by Crippen LogP contribution is -2.31. The van der Waals surface area contributed by atoms with Crippen molar-refractivity contribution in [3.63, 3.8) is 0 Å². The van der Waals surface area contributed by atoms with E-state index in [-0.39, 0.29) is 30.9 Å². The molecule has 0 radical (unpaired) electrons. The van der Waals surface area contributed by atoms with Crippen molar-refractivity contribution >= 4 is 48.0 Å². The summed E-state index contributed by atoms with van der Waals surface area (Å²) in [6, 6.07) is 9.18. The molecule has 0 aliphatic heterocycles. The number of halogens is 4. The van der Waals surface area contributed by atoms with E-state index in [9.17, 15) is 0 Å². The molecule has 136 valence electrons. The van der Waals surface area contributed by atoms with Gasteiger partial charge in [-0.05, 0) is 37.3 Å². The summed E-state index contributed by atoms with van der Waals surface area (Å²) in [4.78, 5) is 0. The van der Waals surface area contributed by atoms with Crippen molar-refractivity contribution < 1.29 is 9.52 Å². The Morgan fingerprint density at radius 2 is 1.67 bits per heavy atom. The van der Waals surface area contributed by atoms with E-state index in [1.807, 2.05) is 24.3 Å². The zero-order valence-electron chi connectivity index (χ0n) is 13.2. The molecule has 1 heterocycles. The summed E-state index contributed by atoms with van der Waals surface area (Å²) in [5, 5.41) is 16.7. The minimum atomic E-state index is -0.322. The summed E-state index contributed by atoms with van der Waals surface area (Å²) in [6.07, 6.45) is -0.322. The SMILES string of the molecule is CC(O)CNCCNCc1ccc(-c2cc(Cl)cc(Cl)c2)o1.Cl.Cl. The largest absolute Gasteiger partial charge is 0.460 e. The first kappa shape index (κ1) is 23.5. The number of hydrogen-bond acceptors (Lipinski definition) is 4. The van der Waals surface area contributed by atoms with E-state index in [2.05, 4.69) is 10.6 Å². The second kappa shape index (κ2) is 12.0. The first-order chi connectivity index (χ1) is 10.5. The molecule has 24 heavy (non-hydrogen) atoms. The summed E-state index contributed by atoms with van der Waals surface area (Å²) in [5.41, 5.74) is 0.863. The average Bonchev–Trinajstić information content (AvgIpc) is 2.90. The molecule has 1 aromatic carbocycles. The van der Waals surface area contributed by atoms with E-state index >= 15 is 0 Å². The van der Waals surface area contributed by atoms with Crippen LogP contribution in [0.5, 0.6) is 0 Å². The first-order valence-corrected chi connectivity index (χ1v) is 7.95. The lowest BCUT2D eigenvalue weighted by molar-refractivity contribution is 0.191. The monoisotopic (exact) mass is 414 g/mol. The van der Waals surface area contributed by atoms with Crippen LogP contribution in [-0.2, 0) is 6.54 Å². The van der Waals surface area contributed by atoms with E-state index in [1.165, 1.54) is 0 Å². The third-order valence-electron chi connectivity index (χ3n) is 3.03. The van der Waals surface area contributed by atoms with Gasteiger partial charge in [0, 0.05) is 35.2 Å². The number of rotatable bonds is 8. The van der Waals surface area contributed by atoms with Gasteiger partial charge in [-0.15, -0.1) is 24.8 Å². The van der Waals surface area contributed by atoms with Crippen LogP contribution >= 0.6 is 48.0 Å². The zero-order valence-corrected chi connectivity index (χ0v) is 16.4. The predicted molar refractivity (Wildman–Crippen MR) is 105 cm³/mol. The summed E-state index contributed by atoms with van der Waals surface area (Å²) in [6.45, 7) is 4.59. The third kappa shape index (κ3) is 8.08. The molecular weight excluding hydrogens is 394 g/mol. The molecule has 0 bridgehead atoms. The van der Waals surface area contributed by atoms with Crippen LogP contribution < -0.4 is 10.6 Å². The van der Waals surface area contributed by atoms with Crippen LogP contribution in [0.2, 0.25) is 10.0 Å². The minimum absolute atomic E-state index is 0. The van der Waals surface area contributed by atoms with Crippen LogP contribution in [0.3, 0.4) is 0 Å². The summed E-state index contributed by atoms with van der Waals surface area (Å²) in [7, 11) is 0. The normalized spacial score (nSPS) is 11.5. The molecule has 0 fully saturated rings. The second-order valence-corrected chi connectivity index (χ2v) is 6.03. The Bertz CT molecular complexity index is 585. The molecule has 2 rings (SSSR count). The smallest absolute Gasteiger partial charge is 0.134 e. The van der Waals surface area contributed by atoms with Crippen LogP contribution in [0.4, 0.5) is 0 Å². The maximum atomic E-state index is 9.12. The third-order valence-corrected chi connectivity index (χ3v) is 3.46. The van der Waals surface area contributed by atoms with Gasteiger partial charge in [0.1, 0.15) is 11.5 Å². The molecule has 2 aromatic rings. The van der Waals surface area contributed by atoms with Crippen molar-refractivity contribution in [1.82, 2.24) is 10.6 Å². The van der Waals surface area contributed by atoms with Crippen molar-refractivity contribution in [1.29, 1.82) is 0 Å². The lowest BCUT2D eigenvalue weighted by Gasteiger charge is -2.07. The summed E-state index contributed by atoms with van der Waals surface area (Å²) in [5.74, 6) is 1.59. The van der Waals surface area contributed by atoms with Crippen LogP contribution in [0.1, 0.15) is 12.7 Å².